The Morgan fingerprint density at radius 3 is 2.52 bits per heavy atom. The second-order valence-corrected chi connectivity index (χ2v) is 4.84. The number of aliphatic carboxylic acids is 1. The first-order valence-electron chi connectivity index (χ1n) is 6.55. The molecular weight excluding hydrogens is 276 g/mol. The topological polar surface area (TPSA) is 101 Å². The summed E-state index contributed by atoms with van der Waals surface area (Å²) in [4.78, 5) is 34.9. The summed E-state index contributed by atoms with van der Waals surface area (Å²) in [6.45, 7) is 4.72. The quantitative estimate of drug-likeness (QED) is 0.640. The third kappa shape index (κ3) is 4.01. The Bertz CT molecular complexity index is 570. The van der Waals surface area contributed by atoms with Crippen LogP contribution in [-0.2, 0) is 4.79 Å². The molecule has 1 aromatic carbocycles. The maximum Gasteiger partial charge on any atom is 0.323 e. The van der Waals surface area contributed by atoms with E-state index < -0.39 is 23.3 Å². The summed E-state index contributed by atoms with van der Waals surface area (Å²) in [7, 11) is 0. The van der Waals surface area contributed by atoms with Gasteiger partial charge in [0.15, 0.2) is 0 Å². The number of nitrogens with zero attached hydrogens (tertiary/aromatic N) is 2. The lowest BCUT2D eigenvalue weighted by Gasteiger charge is -2.27. The molecule has 1 rings (SSSR count). The highest BCUT2D eigenvalue weighted by atomic mass is 16.6. The fourth-order valence-electron chi connectivity index (χ4n) is 1.90. The van der Waals surface area contributed by atoms with E-state index in [1.165, 1.54) is 23.1 Å². The van der Waals surface area contributed by atoms with Crippen molar-refractivity contribution in [2.45, 2.75) is 33.2 Å². The van der Waals surface area contributed by atoms with Crippen LogP contribution in [0, 0.1) is 17.0 Å². The van der Waals surface area contributed by atoms with Crippen molar-refractivity contribution < 1.29 is 19.6 Å². The van der Waals surface area contributed by atoms with Gasteiger partial charge in [-0.05, 0) is 26.3 Å². The minimum absolute atomic E-state index is 0.119. The Morgan fingerprint density at radius 1 is 1.43 bits per heavy atom. The molecule has 0 bridgehead atoms. The van der Waals surface area contributed by atoms with E-state index in [2.05, 4.69) is 0 Å². The van der Waals surface area contributed by atoms with Crippen molar-refractivity contribution >= 4 is 17.6 Å². The number of hydrogen-bond donors (Lipinski definition) is 1. The zero-order valence-corrected chi connectivity index (χ0v) is 12.2. The van der Waals surface area contributed by atoms with Crippen molar-refractivity contribution in [2.75, 3.05) is 6.54 Å². The molecule has 1 aromatic rings. The second-order valence-electron chi connectivity index (χ2n) is 4.84. The summed E-state index contributed by atoms with van der Waals surface area (Å²) in [5, 5.41) is 19.8. The summed E-state index contributed by atoms with van der Waals surface area (Å²) < 4.78 is 0. The van der Waals surface area contributed by atoms with Crippen molar-refractivity contribution in [2.24, 2.45) is 0 Å². The monoisotopic (exact) mass is 294 g/mol. The number of nitro benzene ring substituents is 1. The van der Waals surface area contributed by atoms with Gasteiger partial charge in [0, 0.05) is 23.2 Å². The van der Waals surface area contributed by atoms with E-state index in [1.54, 1.807) is 13.8 Å². The van der Waals surface area contributed by atoms with Crippen LogP contribution < -0.4 is 0 Å². The Labute approximate surface area is 122 Å². The van der Waals surface area contributed by atoms with Crippen LogP contribution in [0.25, 0.3) is 0 Å². The van der Waals surface area contributed by atoms with Crippen LogP contribution in [0.4, 0.5) is 5.69 Å². The Balaban J connectivity index is 3.17. The summed E-state index contributed by atoms with van der Waals surface area (Å²) in [5.41, 5.74) is 0.416. The molecule has 0 spiro atoms. The highest BCUT2D eigenvalue weighted by Crippen LogP contribution is 2.21. The van der Waals surface area contributed by atoms with Crippen LogP contribution in [-0.4, -0.2) is 39.4 Å². The van der Waals surface area contributed by atoms with Gasteiger partial charge in [-0.15, -0.1) is 0 Å². The third-order valence-electron chi connectivity index (χ3n) is 3.34. The molecular formula is C14H18N2O5. The van der Waals surface area contributed by atoms with Crippen molar-refractivity contribution in [3.63, 3.8) is 0 Å². The van der Waals surface area contributed by atoms with Crippen molar-refractivity contribution in [1.29, 1.82) is 0 Å². The molecule has 21 heavy (non-hydrogen) atoms. The minimum Gasteiger partial charge on any atom is -0.480 e. The van der Waals surface area contributed by atoms with Crippen molar-refractivity contribution in [1.82, 2.24) is 4.90 Å². The smallest absolute Gasteiger partial charge is 0.323 e. The van der Waals surface area contributed by atoms with Crippen molar-refractivity contribution in [3.05, 3.63) is 39.4 Å². The fourth-order valence-corrected chi connectivity index (χ4v) is 1.90. The fraction of sp³-hybridized carbons (Fsp3) is 0.429. The molecule has 7 nitrogen and oxygen atoms in total. The van der Waals surface area contributed by atoms with Crippen LogP contribution in [0.15, 0.2) is 18.2 Å². The largest absolute Gasteiger partial charge is 0.480 e. The molecule has 0 fully saturated rings. The summed E-state index contributed by atoms with van der Waals surface area (Å²) >= 11 is 0. The normalized spacial score (nSPS) is 11.8. The summed E-state index contributed by atoms with van der Waals surface area (Å²) in [6.07, 6.45) is 0.590. The lowest BCUT2D eigenvalue weighted by Crippen LogP contribution is -2.41. The maximum absolute atomic E-state index is 12.4. The van der Waals surface area contributed by atoms with Gasteiger partial charge in [-0.25, -0.2) is 0 Å². The van der Waals surface area contributed by atoms with E-state index in [4.69, 9.17) is 5.11 Å². The predicted octanol–water partition coefficient (Wildman–Crippen LogP) is 2.23. The number of carboxylic acids is 1. The average Bonchev–Trinajstić information content (AvgIpc) is 2.43. The molecule has 1 N–H and O–H groups in total. The molecule has 1 unspecified atom stereocenters. The number of carbonyl (C=O) groups excluding carboxylic acids is 1. The second kappa shape index (κ2) is 6.83. The number of nitro groups is 1. The van der Waals surface area contributed by atoms with E-state index in [1.807, 2.05) is 6.92 Å². The molecule has 1 amide bonds. The molecule has 114 valence electrons. The van der Waals surface area contributed by atoms with Crippen LogP contribution in [0.2, 0.25) is 0 Å². The first kappa shape index (κ1) is 16.6. The van der Waals surface area contributed by atoms with Gasteiger partial charge in [0.25, 0.3) is 11.6 Å². The van der Waals surface area contributed by atoms with Crippen LogP contribution in [0.3, 0.4) is 0 Å². The van der Waals surface area contributed by atoms with Gasteiger partial charge in [-0.2, -0.15) is 0 Å². The standard InChI is InChI=1S/C14H18N2O5/c1-4-10(3)15(8-13(17)18)14(19)11-6-5-9(2)12(7-11)16(20)21/h5-7,10H,4,8H2,1-3H3,(H,17,18). The minimum atomic E-state index is -1.12. The Kier molecular flexibility index (Phi) is 5.40. The average molecular weight is 294 g/mol. The predicted molar refractivity (Wildman–Crippen MR) is 76.3 cm³/mol. The van der Waals surface area contributed by atoms with E-state index in [-0.39, 0.29) is 17.3 Å². The highest BCUT2D eigenvalue weighted by molar-refractivity contribution is 5.96. The van der Waals surface area contributed by atoms with E-state index in [0.717, 1.165) is 0 Å². The summed E-state index contributed by atoms with van der Waals surface area (Å²) in [6, 6.07) is 3.88. The number of carboxylic acid groups (broad SMARTS) is 1. The molecule has 0 saturated carbocycles. The van der Waals surface area contributed by atoms with E-state index in [0.29, 0.717) is 12.0 Å². The molecule has 0 heterocycles. The van der Waals surface area contributed by atoms with Crippen molar-refractivity contribution in [3.8, 4) is 0 Å². The molecule has 7 heteroatoms. The Hall–Kier alpha value is -2.44. The molecule has 0 aromatic heterocycles. The molecule has 0 radical (unpaired) electrons. The number of aryl methyl sites for hydroxylation is 1. The van der Waals surface area contributed by atoms with Gasteiger partial charge < -0.3 is 10.0 Å². The molecule has 0 saturated heterocycles. The van der Waals surface area contributed by atoms with Gasteiger partial charge in [-0.1, -0.05) is 13.0 Å². The maximum atomic E-state index is 12.4. The molecule has 1 atom stereocenters. The number of hydrogen-bond acceptors (Lipinski definition) is 4. The Morgan fingerprint density at radius 2 is 2.05 bits per heavy atom. The van der Waals surface area contributed by atoms with Crippen LogP contribution >= 0.6 is 0 Å². The van der Waals surface area contributed by atoms with Gasteiger partial charge in [0.1, 0.15) is 6.54 Å². The van der Waals surface area contributed by atoms with Gasteiger partial charge in [-0.3, -0.25) is 19.7 Å². The molecule has 0 aliphatic carbocycles. The molecule has 0 aliphatic heterocycles. The van der Waals surface area contributed by atoms with E-state index >= 15 is 0 Å². The third-order valence-corrected chi connectivity index (χ3v) is 3.34. The number of rotatable bonds is 6. The van der Waals surface area contributed by atoms with Gasteiger partial charge in [0.05, 0.1) is 4.92 Å². The van der Waals surface area contributed by atoms with Crippen LogP contribution in [0.5, 0.6) is 0 Å². The lowest BCUT2D eigenvalue weighted by molar-refractivity contribution is -0.385. The number of amides is 1. The SMILES string of the molecule is CCC(C)N(CC(=O)O)C(=O)c1ccc(C)c([N+](=O)[O-])c1. The van der Waals surface area contributed by atoms with E-state index in [9.17, 15) is 19.7 Å². The summed E-state index contributed by atoms with van der Waals surface area (Å²) in [5.74, 6) is -1.64. The lowest BCUT2D eigenvalue weighted by atomic mass is 10.1. The number of carbonyl (C=O) groups is 2. The zero-order chi connectivity index (χ0) is 16.2. The molecule has 0 aliphatic rings. The number of benzene rings is 1. The van der Waals surface area contributed by atoms with Gasteiger partial charge in [0.2, 0.25) is 0 Å². The van der Waals surface area contributed by atoms with Crippen LogP contribution in [0.1, 0.15) is 36.2 Å². The first-order valence-corrected chi connectivity index (χ1v) is 6.55. The van der Waals surface area contributed by atoms with Gasteiger partial charge >= 0.3 is 5.97 Å². The zero-order valence-electron chi connectivity index (χ0n) is 12.2. The first-order chi connectivity index (χ1) is 9.77. The highest BCUT2D eigenvalue weighted by Gasteiger charge is 2.24.